The molecular formula is C13H21FN2. The molecule has 90 valence electrons. The van der Waals surface area contributed by atoms with Gasteiger partial charge in [0, 0.05) is 24.8 Å². The van der Waals surface area contributed by atoms with Crippen LogP contribution in [-0.4, -0.2) is 25.7 Å². The molecule has 1 unspecified atom stereocenters. The summed E-state index contributed by atoms with van der Waals surface area (Å²) in [6.45, 7) is 9.22. The highest BCUT2D eigenvalue weighted by molar-refractivity contribution is 5.46. The number of anilines is 1. The first kappa shape index (κ1) is 13.0. The van der Waals surface area contributed by atoms with Crippen LogP contribution < -0.4 is 10.2 Å². The van der Waals surface area contributed by atoms with Gasteiger partial charge in [0.15, 0.2) is 0 Å². The lowest BCUT2D eigenvalue weighted by atomic mass is 10.2. The van der Waals surface area contributed by atoms with E-state index in [2.05, 4.69) is 31.0 Å². The van der Waals surface area contributed by atoms with Crippen molar-refractivity contribution in [2.75, 3.05) is 24.5 Å². The zero-order valence-electron chi connectivity index (χ0n) is 10.3. The molecule has 1 aromatic rings. The van der Waals surface area contributed by atoms with Gasteiger partial charge in [-0.2, -0.15) is 0 Å². The van der Waals surface area contributed by atoms with Gasteiger partial charge in [0.05, 0.1) is 0 Å². The fourth-order valence-electron chi connectivity index (χ4n) is 1.81. The average Bonchev–Trinajstić information content (AvgIpc) is 2.27. The molecule has 16 heavy (non-hydrogen) atoms. The molecule has 0 spiro atoms. The Balaban J connectivity index is 2.63. The Kier molecular flexibility index (Phi) is 5.26. The monoisotopic (exact) mass is 224 g/mol. The molecule has 0 aliphatic rings. The van der Waals surface area contributed by atoms with E-state index >= 15 is 0 Å². The van der Waals surface area contributed by atoms with Gasteiger partial charge in [-0.15, -0.1) is 0 Å². The average molecular weight is 224 g/mol. The second-order valence-corrected chi connectivity index (χ2v) is 3.97. The van der Waals surface area contributed by atoms with Crippen LogP contribution in [0.25, 0.3) is 0 Å². The zero-order valence-corrected chi connectivity index (χ0v) is 10.3. The molecule has 2 nitrogen and oxygen atoms in total. The smallest absolute Gasteiger partial charge is 0.123 e. The van der Waals surface area contributed by atoms with Gasteiger partial charge < -0.3 is 10.2 Å². The Hall–Kier alpha value is -1.09. The SMILES string of the molecule is CCNC(C)CN(CC)c1ccc(F)cc1. The Morgan fingerprint density at radius 3 is 2.38 bits per heavy atom. The standard InChI is InChI=1S/C13H21FN2/c1-4-15-11(3)10-16(5-2)13-8-6-12(14)7-9-13/h6-9,11,15H,4-5,10H2,1-3H3. The molecule has 0 aromatic heterocycles. The maximum Gasteiger partial charge on any atom is 0.123 e. The molecule has 0 aliphatic heterocycles. The van der Waals surface area contributed by atoms with Crippen LogP contribution in [0.5, 0.6) is 0 Å². The molecule has 0 aliphatic carbocycles. The predicted molar refractivity (Wildman–Crippen MR) is 67.4 cm³/mol. The normalized spacial score (nSPS) is 12.5. The van der Waals surface area contributed by atoms with Crippen molar-refractivity contribution in [3.63, 3.8) is 0 Å². The molecule has 3 heteroatoms. The number of benzene rings is 1. The lowest BCUT2D eigenvalue weighted by Gasteiger charge is -2.27. The van der Waals surface area contributed by atoms with Crippen LogP contribution in [0.3, 0.4) is 0 Å². The molecule has 0 amide bonds. The van der Waals surface area contributed by atoms with Crippen LogP contribution >= 0.6 is 0 Å². The maximum absolute atomic E-state index is 12.8. The van der Waals surface area contributed by atoms with Gasteiger partial charge >= 0.3 is 0 Å². The molecule has 1 rings (SSSR count). The first-order chi connectivity index (χ1) is 7.67. The van der Waals surface area contributed by atoms with Crippen molar-refractivity contribution in [1.82, 2.24) is 5.32 Å². The van der Waals surface area contributed by atoms with Crippen molar-refractivity contribution in [2.24, 2.45) is 0 Å². The molecule has 1 N–H and O–H groups in total. The third-order valence-electron chi connectivity index (χ3n) is 2.62. The fraction of sp³-hybridized carbons (Fsp3) is 0.538. The van der Waals surface area contributed by atoms with Gasteiger partial charge in [-0.1, -0.05) is 6.92 Å². The van der Waals surface area contributed by atoms with E-state index in [0.29, 0.717) is 6.04 Å². The summed E-state index contributed by atoms with van der Waals surface area (Å²) in [4.78, 5) is 2.24. The highest BCUT2D eigenvalue weighted by Crippen LogP contribution is 2.14. The number of nitrogens with one attached hydrogen (secondary N) is 1. The summed E-state index contributed by atoms with van der Waals surface area (Å²) in [6.07, 6.45) is 0. The second-order valence-electron chi connectivity index (χ2n) is 3.97. The molecular weight excluding hydrogens is 203 g/mol. The Bertz CT molecular complexity index is 297. The number of nitrogens with zero attached hydrogens (tertiary/aromatic N) is 1. The molecule has 0 bridgehead atoms. The molecule has 0 fully saturated rings. The summed E-state index contributed by atoms with van der Waals surface area (Å²) in [6, 6.07) is 7.12. The molecule has 0 saturated heterocycles. The number of halogens is 1. The summed E-state index contributed by atoms with van der Waals surface area (Å²) in [7, 11) is 0. The lowest BCUT2D eigenvalue weighted by Crippen LogP contribution is -2.39. The zero-order chi connectivity index (χ0) is 12.0. The van der Waals surface area contributed by atoms with Crippen molar-refractivity contribution >= 4 is 5.69 Å². The summed E-state index contributed by atoms with van der Waals surface area (Å²) in [5, 5.41) is 3.38. The van der Waals surface area contributed by atoms with Gasteiger partial charge in [0.2, 0.25) is 0 Å². The number of hydrogen-bond donors (Lipinski definition) is 1. The van der Waals surface area contributed by atoms with Crippen LogP contribution in [0.15, 0.2) is 24.3 Å². The number of rotatable bonds is 6. The maximum atomic E-state index is 12.8. The summed E-state index contributed by atoms with van der Waals surface area (Å²) in [5.74, 6) is -0.181. The van der Waals surface area contributed by atoms with E-state index in [0.717, 1.165) is 25.3 Å². The quantitative estimate of drug-likeness (QED) is 0.799. The first-order valence-electron chi connectivity index (χ1n) is 5.91. The fourth-order valence-corrected chi connectivity index (χ4v) is 1.81. The Labute approximate surface area is 97.5 Å². The van der Waals surface area contributed by atoms with Gasteiger partial charge in [-0.05, 0) is 44.7 Å². The van der Waals surface area contributed by atoms with Crippen molar-refractivity contribution < 1.29 is 4.39 Å². The molecule has 0 heterocycles. The van der Waals surface area contributed by atoms with Crippen LogP contribution in [0.2, 0.25) is 0 Å². The minimum Gasteiger partial charge on any atom is -0.370 e. The van der Waals surface area contributed by atoms with Crippen LogP contribution in [0.4, 0.5) is 10.1 Å². The minimum absolute atomic E-state index is 0.181. The second kappa shape index (κ2) is 6.48. The number of likely N-dealkylation sites (N-methyl/N-ethyl adjacent to an activating group) is 2. The van der Waals surface area contributed by atoms with E-state index in [9.17, 15) is 4.39 Å². The lowest BCUT2D eigenvalue weighted by molar-refractivity contribution is 0.555. The Morgan fingerprint density at radius 2 is 1.88 bits per heavy atom. The van der Waals surface area contributed by atoms with Gasteiger partial charge in [0.1, 0.15) is 5.82 Å². The number of hydrogen-bond acceptors (Lipinski definition) is 2. The van der Waals surface area contributed by atoms with Gasteiger partial charge in [-0.3, -0.25) is 0 Å². The molecule has 1 aromatic carbocycles. The first-order valence-corrected chi connectivity index (χ1v) is 5.91. The molecule has 0 radical (unpaired) electrons. The largest absolute Gasteiger partial charge is 0.370 e. The summed E-state index contributed by atoms with van der Waals surface area (Å²) >= 11 is 0. The van der Waals surface area contributed by atoms with Crippen molar-refractivity contribution in [2.45, 2.75) is 26.8 Å². The predicted octanol–water partition coefficient (Wildman–Crippen LogP) is 2.65. The van der Waals surface area contributed by atoms with Crippen LogP contribution in [0, 0.1) is 5.82 Å². The van der Waals surface area contributed by atoms with Crippen LogP contribution in [-0.2, 0) is 0 Å². The Morgan fingerprint density at radius 1 is 1.25 bits per heavy atom. The topological polar surface area (TPSA) is 15.3 Å². The van der Waals surface area contributed by atoms with Gasteiger partial charge in [-0.25, -0.2) is 4.39 Å². The van der Waals surface area contributed by atoms with Crippen molar-refractivity contribution in [1.29, 1.82) is 0 Å². The highest BCUT2D eigenvalue weighted by Gasteiger charge is 2.08. The van der Waals surface area contributed by atoms with Gasteiger partial charge in [0.25, 0.3) is 0 Å². The molecule has 0 saturated carbocycles. The highest BCUT2D eigenvalue weighted by atomic mass is 19.1. The van der Waals surface area contributed by atoms with E-state index in [1.165, 1.54) is 12.1 Å². The third-order valence-corrected chi connectivity index (χ3v) is 2.62. The van der Waals surface area contributed by atoms with E-state index in [1.807, 2.05) is 12.1 Å². The molecule has 1 atom stereocenters. The van der Waals surface area contributed by atoms with Crippen LogP contribution in [0.1, 0.15) is 20.8 Å². The van der Waals surface area contributed by atoms with E-state index in [4.69, 9.17) is 0 Å². The summed E-state index contributed by atoms with van der Waals surface area (Å²) < 4.78 is 12.8. The minimum atomic E-state index is -0.181. The van der Waals surface area contributed by atoms with E-state index < -0.39 is 0 Å². The summed E-state index contributed by atoms with van der Waals surface area (Å²) in [5.41, 5.74) is 1.08. The van der Waals surface area contributed by atoms with E-state index in [1.54, 1.807) is 0 Å². The van der Waals surface area contributed by atoms with Crippen molar-refractivity contribution in [3.05, 3.63) is 30.1 Å². The third kappa shape index (κ3) is 3.81. The van der Waals surface area contributed by atoms with Crippen molar-refractivity contribution in [3.8, 4) is 0 Å². The van der Waals surface area contributed by atoms with E-state index in [-0.39, 0.29) is 5.82 Å².